The highest BCUT2D eigenvalue weighted by atomic mass is 19.1. The van der Waals surface area contributed by atoms with E-state index in [0.717, 1.165) is 0 Å². The minimum Gasteiger partial charge on any atom is -0.494 e. The molecular weight excluding hydrogens is 239 g/mol. The molecule has 1 heterocycles. The molecule has 0 amide bonds. The second kappa shape index (κ2) is 4.87. The maximum atomic E-state index is 13.5. The Morgan fingerprint density at radius 3 is 2.72 bits per heavy atom. The number of H-pyrrole nitrogens is 1. The van der Waals surface area contributed by atoms with Gasteiger partial charge in [-0.1, -0.05) is 0 Å². The minimum absolute atomic E-state index is 0.155. The number of rotatable bonds is 3. The van der Waals surface area contributed by atoms with E-state index < -0.39 is 11.8 Å². The van der Waals surface area contributed by atoms with Crippen molar-refractivity contribution >= 4 is 5.97 Å². The third-order valence-electron chi connectivity index (χ3n) is 2.43. The van der Waals surface area contributed by atoms with E-state index in [0.29, 0.717) is 11.3 Å². The molecule has 0 fully saturated rings. The number of carbonyl (C=O) groups excluding carboxylic acids is 1. The van der Waals surface area contributed by atoms with Gasteiger partial charge in [-0.15, -0.1) is 0 Å². The highest BCUT2D eigenvalue weighted by Gasteiger charge is 2.12. The highest BCUT2D eigenvalue weighted by Crippen LogP contribution is 2.24. The Bertz CT molecular complexity index is 580. The smallest absolute Gasteiger partial charge is 0.356 e. The molecule has 0 unspecified atom stereocenters. The SMILES string of the molecule is COC(=O)c1cc(-c2ccc(OC)c(F)c2)n[nH]1. The van der Waals surface area contributed by atoms with Crippen molar-refractivity contribution < 1.29 is 18.7 Å². The number of aromatic amines is 1. The number of nitrogens with zero attached hydrogens (tertiary/aromatic N) is 1. The van der Waals surface area contributed by atoms with Crippen LogP contribution in [0.3, 0.4) is 0 Å². The average molecular weight is 250 g/mol. The van der Waals surface area contributed by atoms with Crippen LogP contribution >= 0.6 is 0 Å². The number of esters is 1. The van der Waals surface area contributed by atoms with Crippen molar-refractivity contribution in [2.75, 3.05) is 14.2 Å². The molecule has 0 aliphatic rings. The van der Waals surface area contributed by atoms with Gasteiger partial charge in [-0.05, 0) is 24.3 Å². The van der Waals surface area contributed by atoms with E-state index in [4.69, 9.17) is 4.74 Å². The van der Waals surface area contributed by atoms with Crippen LogP contribution in [-0.2, 0) is 4.74 Å². The van der Waals surface area contributed by atoms with Gasteiger partial charge in [0.25, 0.3) is 0 Å². The summed E-state index contributed by atoms with van der Waals surface area (Å²) < 4.78 is 22.9. The number of halogens is 1. The van der Waals surface area contributed by atoms with Gasteiger partial charge in [0, 0.05) is 5.56 Å². The number of aromatic nitrogens is 2. The van der Waals surface area contributed by atoms with Crippen molar-refractivity contribution in [3.63, 3.8) is 0 Å². The van der Waals surface area contributed by atoms with E-state index in [9.17, 15) is 9.18 Å². The predicted octanol–water partition coefficient (Wildman–Crippen LogP) is 2.01. The molecule has 1 aromatic heterocycles. The Morgan fingerprint density at radius 2 is 2.11 bits per heavy atom. The van der Waals surface area contributed by atoms with Crippen molar-refractivity contribution in [3.05, 3.63) is 35.8 Å². The molecular formula is C12H11FN2O3. The largest absolute Gasteiger partial charge is 0.494 e. The molecule has 0 spiro atoms. The van der Waals surface area contributed by atoms with Gasteiger partial charge in [0.1, 0.15) is 5.69 Å². The summed E-state index contributed by atoms with van der Waals surface area (Å²) in [6, 6.07) is 5.93. The molecule has 6 heteroatoms. The summed E-state index contributed by atoms with van der Waals surface area (Å²) in [5, 5.41) is 6.44. The Labute approximate surface area is 103 Å². The Kier molecular flexibility index (Phi) is 3.27. The lowest BCUT2D eigenvalue weighted by Gasteiger charge is -2.02. The highest BCUT2D eigenvalue weighted by molar-refractivity contribution is 5.88. The first-order valence-electron chi connectivity index (χ1n) is 5.13. The lowest BCUT2D eigenvalue weighted by molar-refractivity contribution is 0.0594. The fourth-order valence-electron chi connectivity index (χ4n) is 1.51. The number of carbonyl (C=O) groups is 1. The van der Waals surface area contributed by atoms with Crippen molar-refractivity contribution in [1.29, 1.82) is 0 Å². The molecule has 0 aliphatic heterocycles. The summed E-state index contributed by atoms with van der Waals surface area (Å²) in [6.45, 7) is 0. The molecule has 18 heavy (non-hydrogen) atoms. The van der Waals surface area contributed by atoms with Gasteiger partial charge < -0.3 is 9.47 Å². The molecule has 1 aromatic carbocycles. The molecule has 1 N–H and O–H groups in total. The molecule has 0 atom stereocenters. The van der Waals surface area contributed by atoms with Crippen LogP contribution in [0.1, 0.15) is 10.5 Å². The van der Waals surface area contributed by atoms with Crippen molar-refractivity contribution in [1.82, 2.24) is 10.2 Å². The molecule has 2 aromatic rings. The Balaban J connectivity index is 2.34. The van der Waals surface area contributed by atoms with Gasteiger partial charge in [0.2, 0.25) is 0 Å². The third kappa shape index (κ3) is 2.17. The van der Waals surface area contributed by atoms with Gasteiger partial charge in [-0.3, -0.25) is 5.10 Å². The summed E-state index contributed by atoms with van der Waals surface area (Å²) in [4.78, 5) is 11.2. The molecule has 0 saturated carbocycles. The van der Waals surface area contributed by atoms with Crippen molar-refractivity contribution in [3.8, 4) is 17.0 Å². The van der Waals surface area contributed by atoms with Crippen molar-refractivity contribution in [2.45, 2.75) is 0 Å². The van der Waals surface area contributed by atoms with Gasteiger partial charge in [0.05, 0.1) is 19.9 Å². The number of ether oxygens (including phenoxy) is 2. The van der Waals surface area contributed by atoms with Crippen LogP contribution in [-0.4, -0.2) is 30.4 Å². The van der Waals surface area contributed by atoms with Gasteiger partial charge in [0.15, 0.2) is 11.6 Å². The standard InChI is InChI=1S/C12H11FN2O3/c1-17-11-4-3-7(5-8(11)13)9-6-10(15-14-9)12(16)18-2/h3-6H,1-2H3,(H,14,15). The fourth-order valence-corrected chi connectivity index (χ4v) is 1.51. The Morgan fingerprint density at radius 1 is 1.33 bits per heavy atom. The maximum absolute atomic E-state index is 13.5. The van der Waals surface area contributed by atoms with E-state index in [1.54, 1.807) is 6.07 Å². The summed E-state index contributed by atoms with van der Waals surface area (Å²) in [7, 11) is 2.66. The lowest BCUT2D eigenvalue weighted by atomic mass is 10.1. The van der Waals surface area contributed by atoms with Gasteiger partial charge in [-0.25, -0.2) is 9.18 Å². The van der Waals surface area contributed by atoms with E-state index in [-0.39, 0.29) is 11.4 Å². The molecule has 94 valence electrons. The normalized spacial score (nSPS) is 10.2. The van der Waals surface area contributed by atoms with E-state index in [1.165, 1.54) is 32.4 Å². The van der Waals surface area contributed by atoms with Gasteiger partial charge >= 0.3 is 5.97 Å². The summed E-state index contributed by atoms with van der Waals surface area (Å²) >= 11 is 0. The number of nitrogens with one attached hydrogen (secondary N) is 1. The molecule has 0 bridgehead atoms. The van der Waals surface area contributed by atoms with Crippen LogP contribution in [0.25, 0.3) is 11.3 Å². The first-order chi connectivity index (χ1) is 8.65. The number of benzene rings is 1. The monoisotopic (exact) mass is 250 g/mol. The maximum Gasteiger partial charge on any atom is 0.356 e. The van der Waals surface area contributed by atoms with E-state index >= 15 is 0 Å². The van der Waals surface area contributed by atoms with Gasteiger partial charge in [-0.2, -0.15) is 5.10 Å². The first-order valence-corrected chi connectivity index (χ1v) is 5.13. The number of hydrogen-bond acceptors (Lipinski definition) is 4. The molecule has 0 saturated heterocycles. The lowest BCUT2D eigenvalue weighted by Crippen LogP contribution is -2.00. The zero-order chi connectivity index (χ0) is 13.1. The number of methoxy groups -OCH3 is 2. The quantitative estimate of drug-likeness (QED) is 0.846. The van der Waals surface area contributed by atoms with E-state index in [1.807, 2.05) is 0 Å². The van der Waals surface area contributed by atoms with Crippen LogP contribution in [0.5, 0.6) is 5.75 Å². The zero-order valence-electron chi connectivity index (χ0n) is 9.86. The second-order valence-corrected chi connectivity index (χ2v) is 3.51. The van der Waals surface area contributed by atoms with Crippen LogP contribution in [0.2, 0.25) is 0 Å². The molecule has 0 radical (unpaired) electrons. The van der Waals surface area contributed by atoms with Crippen LogP contribution in [0, 0.1) is 5.82 Å². The van der Waals surface area contributed by atoms with Crippen LogP contribution < -0.4 is 4.74 Å². The summed E-state index contributed by atoms with van der Waals surface area (Å²) in [6.07, 6.45) is 0. The Hall–Kier alpha value is -2.37. The zero-order valence-corrected chi connectivity index (χ0v) is 9.86. The number of hydrogen-bond donors (Lipinski definition) is 1. The molecule has 0 aliphatic carbocycles. The van der Waals surface area contributed by atoms with Crippen LogP contribution in [0.15, 0.2) is 24.3 Å². The van der Waals surface area contributed by atoms with Crippen LogP contribution in [0.4, 0.5) is 4.39 Å². The minimum atomic E-state index is -0.525. The van der Waals surface area contributed by atoms with E-state index in [2.05, 4.69) is 14.9 Å². The average Bonchev–Trinajstić information content (AvgIpc) is 2.87. The summed E-state index contributed by atoms with van der Waals surface area (Å²) in [5.41, 5.74) is 1.21. The molecule has 2 rings (SSSR count). The van der Waals surface area contributed by atoms with Crippen molar-refractivity contribution in [2.24, 2.45) is 0 Å². The fraction of sp³-hybridized carbons (Fsp3) is 0.167. The summed E-state index contributed by atoms with van der Waals surface area (Å²) in [5.74, 6) is -0.858. The first kappa shape index (κ1) is 12.1. The topological polar surface area (TPSA) is 64.2 Å². The second-order valence-electron chi connectivity index (χ2n) is 3.51. The molecule has 5 nitrogen and oxygen atoms in total. The third-order valence-corrected chi connectivity index (χ3v) is 2.43. The predicted molar refractivity (Wildman–Crippen MR) is 61.9 cm³/mol.